The van der Waals surface area contributed by atoms with E-state index < -0.39 is 5.97 Å². The van der Waals surface area contributed by atoms with E-state index in [0.717, 1.165) is 0 Å². The maximum absolute atomic E-state index is 12.0. The minimum Gasteiger partial charge on any atom is -0.422 e. The zero-order valence-electron chi connectivity index (χ0n) is 10.3. The van der Waals surface area contributed by atoms with Crippen molar-refractivity contribution in [1.82, 2.24) is 9.78 Å². The van der Waals surface area contributed by atoms with Crippen LogP contribution in [0.2, 0.25) is 0 Å². The van der Waals surface area contributed by atoms with Crippen LogP contribution in [-0.4, -0.2) is 15.7 Å². The van der Waals surface area contributed by atoms with Gasteiger partial charge in [-0.05, 0) is 26.0 Å². The quantitative estimate of drug-likeness (QED) is 0.665. The molecular formula is C13H15N3O2. The Morgan fingerprint density at radius 2 is 2.00 bits per heavy atom. The second-order valence-corrected chi connectivity index (χ2v) is 4.20. The first-order chi connectivity index (χ1) is 8.58. The molecule has 0 atom stereocenters. The van der Waals surface area contributed by atoms with Crippen LogP contribution >= 0.6 is 0 Å². The molecule has 0 aliphatic heterocycles. The van der Waals surface area contributed by atoms with E-state index in [0.29, 0.717) is 17.3 Å². The Hall–Kier alpha value is -2.30. The number of esters is 1. The van der Waals surface area contributed by atoms with E-state index >= 15 is 0 Å². The Morgan fingerprint density at radius 3 is 2.61 bits per heavy atom. The van der Waals surface area contributed by atoms with Crippen molar-refractivity contribution in [3.63, 3.8) is 0 Å². The number of hydrogen-bond donors (Lipinski definition) is 1. The fourth-order valence-corrected chi connectivity index (χ4v) is 1.61. The smallest absolute Gasteiger partial charge is 0.362 e. The standard InChI is InChI=1S/C13H15N3O2/c1-9(2)16-11(8-12(14)15-16)13(17)18-10-6-4-3-5-7-10/h3-9H,1-2H3,(H2,14,15). The van der Waals surface area contributed by atoms with Crippen LogP contribution in [0.1, 0.15) is 30.4 Å². The molecule has 1 aromatic heterocycles. The van der Waals surface area contributed by atoms with Crippen LogP contribution < -0.4 is 10.5 Å². The van der Waals surface area contributed by atoms with E-state index in [2.05, 4.69) is 5.10 Å². The van der Waals surface area contributed by atoms with E-state index in [1.165, 1.54) is 6.07 Å². The van der Waals surface area contributed by atoms with Crippen molar-refractivity contribution in [2.45, 2.75) is 19.9 Å². The number of benzene rings is 1. The number of nitrogens with two attached hydrogens (primary N) is 1. The van der Waals surface area contributed by atoms with Gasteiger partial charge in [0.05, 0.1) is 0 Å². The number of nitrogen functional groups attached to an aromatic ring is 1. The lowest BCUT2D eigenvalue weighted by molar-refractivity contribution is 0.0719. The van der Waals surface area contributed by atoms with Gasteiger partial charge in [-0.2, -0.15) is 5.10 Å². The monoisotopic (exact) mass is 245 g/mol. The fraction of sp³-hybridized carbons (Fsp3) is 0.231. The van der Waals surface area contributed by atoms with Gasteiger partial charge in [-0.1, -0.05) is 18.2 Å². The minimum absolute atomic E-state index is 0.0422. The molecule has 0 bridgehead atoms. The fourth-order valence-electron chi connectivity index (χ4n) is 1.61. The minimum atomic E-state index is -0.459. The molecule has 2 rings (SSSR count). The van der Waals surface area contributed by atoms with Crippen molar-refractivity contribution in [3.05, 3.63) is 42.1 Å². The first-order valence-electron chi connectivity index (χ1n) is 5.70. The summed E-state index contributed by atoms with van der Waals surface area (Å²) in [5.41, 5.74) is 5.96. The number of rotatable bonds is 3. The summed E-state index contributed by atoms with van der Waals surface area (Å²) in [6, 6.07) is 10.5. The predicted octanol–water partition coefficient (Wildman–Crippen LogP) is 2.27. The van der Waals surface area contributed by atoms with Gasteiger partial charge in [-0.25, -0.2) is 4.79 Å². The molecule has 18 heavy (non-hydrogen) atoms. The summed E-state index contributed by atoms with van der Waals surface area (Å²) >= 11 is 0. The Balaban J connectivity index is 2.24. The molecule has 94 valence electrons. The molecule has 0 fully saturated rings. The van der Waals surface area contributed by atoms with Crippen molar-refractivity contribution in [2.24, 2.45) is 0 Å². The molecule has 0 spiro atoms. The van der Waals surface area contributed by atoms with Gasteiger partial charge in [0.1, 0.15) is 17.3 Å². The topological polar surface area (TPSA) is 70.1 Å². The normalized spacial score (nSPS) is 10.6. The molecule has 5 nitrogen and oxygen atoms in total. The van der Waals surface area contributed by atoms with E-state index in [4.69, 9.17) is 10.5 Å². The van der Waals surface area contributed by atoms with Gasteiger partial charge in [0.25, 0.3) is 0 Å². The zero-order chi connectivity index (χ0) is 13.1. The highest BCUT2D eigenvalue weighted by Gasteiger charge is 2.18. The number of para-hydroxylation sites is 1. The van der Waals surface area contributed by atoms with E-state index in [-0.39, 0.29) is 6.04 Å². The van der Waals surface area contributed by atoms with Crippen LogP contribution in [0.25, 0.3) is 0 Å². The molecule has 0 aliphatic carbocycles. The number of anilines is 1. The van der Waals surface area contributed by atoms with Crippen LogP contribution in [0.15, 0.2) is 36.4 Å². The third kappa shape index (κ3) is 2.51. The second kappa shape index (κ2) is 4.91. The molecule has 2 aromatic rings. The first kappa shape index (κ1) is 12.2. The van der Waals surface area contributed by atoms with Crippen molar-refractivity contribution in [3.8, 4) is 5.75 Å². The Morgan fingerprint density at radius 1 is 1.33 bits per heavy atom. The highest BCUT2D eigenvalue weighted by atomic mass is 16.5. The third-order valence-corrected chi connectivity index (χ3v) is 2.41. The third-order valence-electron chi connectivity index (χ3n) is 2.41. The summed E-state index contributed by atoms with van der Waals surface area (Å²) in [7, 11) is 0. The molecule has 5 heteroatoms. The first-order valence-corrected chi connectivity index (χ1v) is 5.70. The van der Waals surface area contributed by atoms with E-state index in [1.807, 2.05) is 19.9 Å². The maximum atomic E-state index is 12.0. The lowest BCUT2D eigenvalue weighted by Gasteiger charge is -2.09. The van der Waals surface area contributed by atoms with Gasteiger partial charge < -0.3 is 10.5 Å². The van der Waals surface area contributed by atoms with Crippen LogP contribution in [0.3, 0.4) is 0 Å². The van der Waals surface area contributed by atoms with Crippen molar-refractivity contribution in [1.29, 1.82) is 0 Å². The zero-order valence-corrected chi connectivity index (χ0v) is 10.3. The van der Waals surface area contributed by atoms with Gasteiger partial charge in [-0.15, -0.1) is 0 Å². The molecule has 1 aromatic carbocycles. The number of carbonyl (C=O) groups excluding carboxylic acids is 1. The summed E-state index contributed by atoms with van der Waals surface area (Å²) in [6.45, 7) is 3.84. The highest BCUT2D eigenvalue weighted by molar-refractivity contribution is 5.90. The van der Waals surface area contributed by atoms with Crippen LogP contribution in [0.4, 0.5) is 5.82 Å². The summed E-state index contributed by atoms with van der Waals surface area (Å²) in [6.07, 6.45) is 0. The highest BCUT2D eigenvalue weighted by Crippen LogP contribution is 2.16. The van der Waals surface area contributed by atoms with Crippen LogP contribution in [0, 0.1) is 0 Å². The van der Waals surface area contributed by atoms with Crippen molar-refractivity contribution < 1.29 is 9.53 Å². The SMILES string of the molecule is CC(C)n1nc(N)cc1C(=O)Oc1ccccc1. The Bertz CT molecular complexity index is 547. The predicted molar refractivity (Wildman–Crippen MR) is 68.4 cm³/mol. The Labute approximate surface area is 105 Å². The average Bonchev–Trinajstić information content (AvgIpc) is 2.73. The summed E-state index contributed by atoms with van der Waals surface area (Å²) < 4.78 is 6.81. The number of nitrogens with zero attached hydrogens (tertiary/aromatic N) is 2. The van der Waals surface area contributed by atoms with Crippen molar-refractivity contribution >= 4 is 11.8 Å². The van der Waals surface area contributed by atoms with Gasteiger partial charge in [0, 0.05) is 12.1 Å². The van der Waals surface area contributed by atoms with Gasteiger partial charge >= 0.3 is 5.97 Å². The number of carbonyl (C=O) groups is 1. The lowest BCUT2D eigenvalue weighted by atomic mass is 10.3. The summed E-state index contributed by atoms with van der Waals surface area (Å²) in [5.74, 6) is 0.348. The largest absolute Gasteiger partial charge is 0.422 e. The Kier molecular flexibility index (Phi) is 3.32. The molecule has 1 heterocycles. The van der Waals surface area contributed by atoms with Gasteiger partial charge in [0.15, 0.2) is 0 Å². The van der Waals surface area contributed by atoms with Crippen molar-refractivity contribution in [2.75, 3.05) is 5.73 Å². The van der Waals surface area contributed by atoms with Crippen LogP contribution in [0.5, 0.6) is 5.75 Å². The van der Waals surface area contributed by atoms with E-state index in [1.54, 1.807) is 28.9 Å². The molecular weight excluding hydrogens is 230 g/mol. The molecule has 2 N–H and O–H groups in total. The molecule has 0 unspecified atom stereocenters. The summed E-state index contributed by atoms with van der Waals surface area (Å²) in [5, 5.41) is 4.07. The van der Waals surface area contributed by atoms with E-state index in [9.17, 15) is 4.79 Å². The molecule has 0 amide bonds. The lowest BCUT2D eigenvalue weighted by Crippen LogP contribution is -2.17. The second-order valence-electron chi connectivity index (χ2n) is 4.20. The number of ether oxygens (including phenoxy) is 1. The average molecular weight is 245 g/mol. The van der Waals surface area contributed by atoms with Gasteiger partial charge in [-0.3, -0.25) is 4.68 Å². The maximum Gasteiger partial charge on any atom is 0.362 e. The van der Waals surface area contributed by atoms with Gasteiger partial charge in [0.2, 0.25) is 0 Å². The summed E-state index contributed by atoms with van der Waals surface area (Å²) in [4.78, 5) is 12.0. The van der Waals surface area contributed by atoms with Crippen LogP contribution in [-0.2, 0) is 0 Å². The number of aromatic nitrogens is 2. The molecule has 0 saturated carbocycles. The molecule has 0 radical (unpaired) electrons. The number of hydrogen-bond acceptors (Lipinski definition) is 4. The molecule has 0 aliphatic rings. The molecule has 0 saturated heterocycles.